The van der Waals surface area contributed by atoms with Crippen LogP contribution in [0.5, 0.6) is 0 Å². The molecule has 118 valence electrons. The number of rotatable bonds is 5. The van der Waals surface area contributed by atoms with E-state index in [9.17, 15) is 4.79 Å². The van der Waals surface area contributed by atoms with Crippen molar-refractivity contribution in [2.75, 3.05) is 12.4 Å². The van der Waals surface area contributed by atoms with Gasteiger partial charge in [0.05, 0.1) is 0 Å². The first-order chi connectivity index (χ1) is 11.2. The fourth-order valence-electron chi connectivity index (χ4n) is 2.43. The van der Waals surface area contributed by atoms with Crippen LogP contribution in [0.25, 0.3) is 11.1 Å². The van der Waals surface area contributed by atoms with E-state index in [2.05, 4.69) is 10.3 Å². The molecule has 0 fully saturated rings. The highest BCUT2D eigenvalue weighted by Crippen LogP contribution is 2.23. The number of amides is 1. The van der Waals surface area contributed by atoms with Gasteiger partial charge in [0.1, 0.15) is 5.52 Å². The maximum atomic E-state index is 12.5. The topological polar surface area (TPSA) is 64.4 Å². The summed E-state index contributed by atoms with van der Waals surface area (Å²) < 4.78 is 10.9. The predicted molar refractivity (Wildman–Crippen MR) is 88.2 cm³/mol. The van der Waals surface area contributed by atoms with Gasteiger partial charge in [0.2, 0.25) is 0 Å². The molecular formula is C18H18N2O3. The first-order valence-electron chi connectivity index (χ1n) is 7.49. The SMILES string of the molecule is CCc1nc2cc(NC(=O)[C@H](OC)c3ccccc3)ccc2o1. The first-order valence-corrected chi connectivity index (χ1v) is 7.49. The molecule has 0 bridgehead atoms. The minimum atomic E-state index is -0.657. The zero-order valence-electron chi connectivity index (χ0n) is 13.1. The summed E-state index contributed by atoms with van der Waals surface area (Å²) in [7, 11) is 1.52. The molecule has 0 saturated carbocycles. The van der Waals surface area contributed by atoms with E-state index in [-0.39, 0.29) is 5.91 Å². The van der Waals surface area contributed by atoms with Gasteiger partial charge in [-0.25, -0.2) is 4.98 Å². The van der Waals surface area contributed by atoms with Crippen molar-refractivity contribution < 1.29 is 13.9 Å². The van der Waals surface area contributed by atoms with Crippen molar-refractivity contribution in [2.24, 2.45) is 0 Å². The lowest BCUT2D eigenvalue weighted by Gasteiger charge is -2.15. The van der Waals surface area contributed by atoms with Crippen LogP contribution in [0, 0.1) is 0 Å². The molecule has 0 aliphatic rings. The zero-order chi connectivity index (χ0) is 16.2. The fourth-order valence-corrected chi connectivity index (χ4v) is 2.43. The van der Waals surface area contributed by atoms with Crippen molar-refractivity contribution in [3.63, 3.8) is 0 Å². The number of fused-ring (bicyclic) bond motifs is 1. The molecule has 1 atom stereocenters. The maximum absolute atomic E-state index is 12.5. The number of carbonyl (C=O) groups is 1. The van der Waals surface area contributed by atoms with Gasteiger partial charge in [-0.05, 0) is 23.8 Å². The monoisotopic (exact) mass is 310 g/mol. The number of nitrogens with zero attached hydrogens (tertiary/aromatic N) is 1. The third kappa shape index (κ3) is 3.24. The summed E-state index contributed by atoms with van der Waals surface area (Å²) in [5, 5.41) is 2.87. The molecule has 0 aliphatic heterocycles. The van der Waals surface area contributed by atoms with E-state index in [1.165, 1.54) is 7.11 Å². The van der Waals surface area contributed by atoms with Crippen molar-refractivity contribution in [1.82, 2.24) is 4.98 Å². The molecule has 1 aromatic heterocycles. The Morgan fingerprint density at radius 2 is 2.04 bits per heavy atom. The number of carbonyl (C=O) groups excluding carboxylic acids is 1. The van der Waals surface area contributed by atoms with Crippen LogP contribution in [0.3, 0.4) is 0 Å². The van der Waals surface area contributed by atoms with Crippen LogP contribution in [-0.2, 0) is 16.0 Å². The van der Waals surface area contributed by atoms with E-state index in [1.54, 1.807) is 18.2 Å². The van der Waals surface area contributed by atoms with Crippen molar-refractivity contribution in [1.29, 1.82) is 0 Å². The molecule has 0 unspecified atom stereocenters. The van der Waals surface area contributed by atoms with Crippen LogP contribution in [0.2, 0.25) is 0 Å². The van der Waals surface area contributed by atoms with Crippen LogP contribution >= 0.6 is 0 Å². The molecule has 0 radical (unpaired) electrons. The number of nitrogens with one attached hydrogen (secondary N) is 1. The van der Waals surface area contributed by atoms with Crippen molar-refractivity contribution in [3.05, 3.63) is 60.0 Å². The standard InChI is InChI=1S/C18H18N2O3/c1-3-16-20-14-11-13(9-10-15(14)23-16)19-18(21)17(22-2)12-7-5-4-6-8-12/h4-11,17H,3H2,1-2H3,(H,19,21)/t17-/m1/s1. The molecule has 3 aromatic rings. The van der Waals surface area contributed by atoms with E-state index in [0.29, 0.717) is 17.2 Å². The molecule has 5 nitrogen and oxygen atoms in total. The summed E-state index contributed by atoms with van der Waals surface area (Å²) in [6.07, 6.45) is 0.0752. The normalized spacial score (nSPS) is 12.3. The highest BCUT2D eigenvalue weighted by atomic mass is 16.5. The number of oxazole rings is 1. The number of ether oxygens (including phenoxy) is 1. The Kier molecular flexibility index (Phi) is 4.39. The van der Waals surface area contributed by atoms with Gasteiger partial charge < -0.3 is 14.5 Å². The van der Waals surface area contributed by atoms with Crippen LogP contribution in [0.15, 0.2) is 52.9 Å². The first kappa shape index (κ1) is 15.2. The summed E-state index contributed by atoms with van der Waals surface area (Å²) in [5.41, 5.74) is 2.92. The second-order valence-corrected chi connectivity index (χ2v) is 5.16. The summed E-state index contributed by atoms with van der Waals surface area (Å²) >= 11 is 0. The van der Waals surface area contributed by atoms with Gasteiger partial charge >= 0.3 is 0 Å². The zero-order valence-corrected chi connectivity index (χ0v) is 13.1. The molecule has 1 N–H and O–H groups in total. The van der Waals surface area contributed by atoms with Gasteiger partial charge in [-0.3, -0.25) is 4.79 Å². The summed E-state index contributed by atoms with van der Waals surface area (Å²) in [5.74, 6) is 0.458. The minimum Gasteiger partial charge on any atom is -0.441 e. The maximum Gasteiger partial charge on any atom is 0.258 e. The molecule has 5 heteroatoms. The van der Waals surface area contributed by atoms with Crippen molar-refractivity contribution in [2.45, 2.75) is 19.4 Å². The molecule has 1 amide bonds. The van der Waals surface area contributed by atoms with Crippen LogP contribution in [0.4, 0.5) is 5.69 Å². The minimum absolute atomic E-state index is 0.225. The molecule has 1 heterocycles. The number of methoxy groups -OCH3 is 1. The number of benzene rings is 2. The van der Waals surface area contributed by atoms with Gasteiger partial charge in [-0.1, -0.05) is 37.3 Å². The number of aryl methyl sites for hydroxylation is 1. The quantitative estimate of drug-likeness (QED) is 0.780. The fraction of sp³-hybridized carbons (Fsp3) is 0.222. The summed E-state index contributed by atoms with van der Waals surface area (Å²) in [6.45, 7) is 1.98. The van der Waals surface area contributed by atoms with Gasteiger partial charge in [0, 0.05) is 19.2 Å². The van der Waals surface area contributed by atoms with Crippen LogP contribution in [-0.4, -0.2) is 18.0 Å². The van der Waals surface area contributed by atoms with Gasteiger partial charge in [-0.15, -0.1) is 0 Å². The Morgan fingerprint density at radius 3 is 2.74 bits per heavy atom. The lowest BCUT2D eigenvalue weighted by Crippen LogP contribution is -2.22. The van der Waals surface area contributed by atoms with Crippen LogP contribution < -0.4 is 5.32 Å². The van der Waals surface area contributed by atoms with Crippen molar-refractivity contribution in [3.8, 4) is 0 Å². The lowest BCUT2D eigenvalue weighted by atomic mass is 10.1. The molecule has 0 spiro atoms. The van der Waals surface area contributed by atoms with Gasteiger partial charge in [0.15, 0.2) is 17.6 Å². The number of aromatic nitrogens is 1. The van der Waals surface area contributed by atoms with Crippen LogP contribution in [0.1, 0.15) is 24.5 Å². The number of hydrogen-bond acceptors (Lipinski definition) is 4. The van der Waals surface area contributed by atoms with E-state index in [1.807, 2.05) is 37.3 Å². The average Bonchev–Trinajstić information content (AvgIpc) is 2.99. The number of anilines is 1. The van der Waals surface area contributed by atoms with E-state index in [0.717, 1.165) is 17.5 Å². The Labute approximate surface area is 134 Å². The Balaban J connectivity index is 1.81. The van der Waals surface area contributed by atoms with E-state index in [4.69, 9.17) is 9.15 Å². The smallest absolute Gasteiger partial charge is 0.258 e. The third-order valence-electron chi connectivity index (χ3n) is 3.58. The highest BCUT2D eigenvalue weighted by molar-refractivity contribution is 5.96. The van der Waals surface area contributed by atoms with Gasteiger partial charge in [0.25, 0.3) is 5.91 Å². The molecule has 3 rings (SSSR count). The Morgan fingerprint density at radius 1 is 1.26 bits per heavy atom. The molecular weight excluding hydrogens is 292 g/mol. The van der Waals surface area contributed by atoms with Crippen molar-refractivity contribution >= 4 is 22.7 Å². The van der Waals surface area contributed by atoms with E-state index >= 15 is 0 Å². The highest BCUT2D eigenvalue weighted by Gasteiger charge is 2.20. The molecule has 0 aliphatic carbocycles. The second-order valence-electron chi connectivity index (χ2n) is 5.16. The molecule has 0 saturated heterocycles. The Bertz CT molecular complexity index is 812. The summed E-state index contributed by atoms with van der Waals surface area (Å²) in [4.78, 5) is 16.8. The number of hydrogen-bond donors (Lipinski definition) is 1. The third-order valence-corrected chi connectivity index (χ3v) is 3.58. The van der Waals surface area contributed by atoms with Gasteiger partial charge in [-0.2, -0.15) is 0 Å². The largest absolute Gasteiger partial charge is 0.441 e. The molecule has 23 heavy (non-hydrogen) atoms. The molecule has 2 aromatic carbocycles. The van der Waals surface area contributed by atoms with E-state index < -0.39 is 6.10 Å². The average molecular weight is 310 g/mol. The second kappa shape index (κ2) is 6.62. The lowest BCUT2D eigenvalue weighted by molar-refractivity contribution is -0.126. The predicted octanol–water partition coefficient (Wildman–Crippen LogP) is 3.72. The summed E-state index contributed by atoms with van der Waals surface area (Å²) in [6, 6.07) is 14.8. The Hall–Kier alpha value is -2.66.